The summed E-state index contributed by atoms with van der Waals surface area (Å²) in [6.07, 6.45) is 4.11. The van der Waals surface area contributed by atoms with Gasteiger partial charge in [-0.05, 0) is 50.5 Å². The van der Waals surface area contributed by atoms with Crippen molar-refractivity contribution >= 4 is 17.4 Å². The molecule has 134 valence electrons. The molecular formula is C19H26N4O2. The van der Waals surface area contributed by atoms with Crippen LogP contribution in [0.1, 0.15) is 44.6 Å². The first kappa shape index (κ1) is 18.7. The maximum atomic E-state index is 12.0. The fraction of sp³-hybridized carbons (Fsp3) is 0.421. The fourth-order valence-corrected chi connectivity index (χ4v) is 2.11. The molecule has 0 unspecified atom stereocenters. The van der Waals surface area contributed by atoms with Gasteiger partial charge < -0.3 is 15.4 Å². The summed E-state index contributed by atoms with van der Waals surface area (Å²) in [6.45, 7) is 8.86. The van der Waals surface area contributed by atoms with E-state index in [-0.39, 0.29) is 12.0 Å². The second-order valence-corrected chi connectivity index (χ2v) is 6.54. The number of aromatic nitrogens is 2. The molecule has 0 aliphatic heterocycles. The summed E-state index contributed by atoms with van der Waals surface area (Å²) in [6, 6.07) is 7.61. The highest BCUT2D eigenvalue weighted by molar-refractivity contribution is 5.92. The molecule has 1 amide bonds. The van der Waals surface area contributed by atoms with E-state index in [4.69, 9.17) is 4.74 Å². The molecular weight excluding hydrogens is 316 g/mol. The molecule has 2 N–H and O–H groups in total. The van der Waals surface area contributed by atoms with Gasteiger partial charge in [-0.1, -0.05) is 13.8 Å². The minimum atomic E-state index is -0.199. The van der Waals surface area contributed by atoms with Crippen molar-refractivity contribution < 1.29 is 9.53 Å². The number of carbonyl (C=O) groups is 1. The van der Waals surface area contributed by atoms with Crippen LogP contribution >= 0.6 is 0 Å². The van der Waals surface area contributed by atoms with Crippen molar-refractivity contribution in [2.45, 2.75) is 40.2 Å². The SMILES string of the molecule is CC(C)CCNC(=O)c1cnc(Nc2ccc(OC(C)C)cc2)cn1. The first-order chi connectivity index (χ1) is 11.9. The highest BCUT2D eigenvalue weighted by Crippen LogP contribution is 2.19. The van der Waals surface area contributed by atoms with Crippen molar-refractivity contribution in [2.75, 3.05) is 11.9 Å². The van der Waals surface area contributed by atoms with Gasteiger partial charge in [0.25, 0.3) is 5.91 Å². The molecule has 1 heterocycles. The second-order valence-electron chi connectivity index (χ2n) is 6.54. The van der Waals surface area contributed by atoms with Crippen LogP contribution in [-0.2, 0) is 0 Å². The maximum absolute atomic E-state index is 12.0. The zero-order valence-corrected chi connectivity index (χ0v) is 15.2. The Kier molecular flexibility index (Phi) is 6.74. The maximum Gasteiger partial charge on any atom is 0.271 e. The number of hydrogen-bond acceptors (Lipinski definition) is 5. The van der Waals surface area contributed by atoms with Gasteiger partial charge in [-0.2, -0.15) is 0 Å². The third kappa shape index (κ3) is 6.41. The van der Waals surface area contributed by atoms with Crippen molar-refractivity contribution in [2.24, 2.45) is 5.92 Å². The quantitative estimate of drug-likeness (QED) is 0.763. The monoisotopic (exact) mass is 342 g/mol. The van der Waals surface area contributed by atoms with Crippen LogP contribution in [0.25, 0.3) is 0 Å². The van der Waals surface area contributed by atoms with E-state index >= 15 is 0 Å². The average Bonchev–Trinajstić information content (AvgIpc) is 2.56. The van der Waals surface area contributed by atoms with E-state index in [1.807, 2.05) is 38.1 Å². The third-order valence-electron chi connectivity index (χ3n) is 3.39. The molecule has 0 aliphatic carbocycles. The largest absolute Gasteiger partial charge is 0.491 e. The van der Waals surface area contributed by atoms with Crippen LogP contribution in [0.4, 0.5) is 11.5 Å². The Labute approximate surface area is 149 Å². The summed E-state index contributed by atoms with van der Waals surface area (Å²) < 4.78 is 5.61. The molecule has 0 bridgehead atoms. The van der Waals surface area contributed by atoms with Gasteiger partial charge in [-0.25, -0.2) is 9.97 Å². The summed E-state index contributed by atoms with van der Waals surface area (Å²) in [4.78, 5) is 20.4. The van der Waals surface area contributed by atoms with Crippen LogP contribution in [0, 0.1) is 5.92 Å². The molecule has 6 heteroatoms. The fourth-order valence-electron chi connectivity index (χ4n) is 2.11. The Morgan fingerprint density at radius 2 is 1.80 bits per heavy atom. The van der Waals surface area contributed by atoms with Crippen LogP contribution in [0.2, 0.25) is 0 Å². The van der Waals surface area contributed by atoms with Crippen molar-refractivity contribution in [3.05, 3.63) is 42.4 Å². The summed E-state index contributed by atoms with van der Waals surface area (Å²) in [5.74, 6) is 1.75. The molecule has 0 spiro atoms. The Bertz CT molecular complexity index is 667. The Morgan fingerprint density at radius 1 is 1.08 bits per heavy atom. The van der Waals surface area contributed by atoms with Gasteiger partial charge in [0.2, 0.25) is 0 Å². The van der Waals surface area contributed by atoms with E-state index in [0.717, 1.165) is 17.9 Å². The second kappa shape index (κ2) is 9.01. The number of nitrogens with zero attached hydrogens (tertiary/aromatic N) is 2. The standard InChI is InChI=1S/C19H26N4O2/c1-13(2)9-10-20-19(24)17-11-22-18(12-21-17)23-15-5-7-16(8-6-15)25-14(3)4/h5-8,11-14H,9-10H2,1-4H3,(H,20,24)(H,22,23). The molecule has 0 aliphatic rings. The number of ether oxygens (including phenoxy) is 1. The highest BCUT2D eigenvalue weighted by atomic mass is 16.5. The number of nitrogens with one attached hydrogen (secondary N) is 2. The van der Waals surface area contributed by atoms with Gasteiger partial charge in [0, 0.05) is 12.2 Å². The highest BCUT2D eigenvalue weighted by Gasteiger charge is 2.08. The van der Waals surface area contributed by atoms with Crippen molar-refractivity contribution in [3.63, 3.8) is 0 Å². The molecule has 0 saturated carbocycles. The Balaban J connectivity index is 1.90. The Morgan fingerprint density at radius 3 is 2.36 bits per heavy atom. The van der Waals surface area contributed by atoms with Gasteiger partial charge in [-0.3, -0.25) is 4.79 Å². The molecule has 25 heavy (non-hydrogen) atoms. The molecule has 0 atom stereocenters. The van der Waals surface area contributed by atoms with Crippen molar-refractivity contribution in [3.8, 4) is 5.75 Å². The molecule has 0 saturated heterocycles. The first-order valence-corrected chi connectivity index (χ1v) is 8.58. The third-order valence-corrected chi connectivity index (χ3v) is 3.39. The van der Waals surface area contributed by atoms with E-state index in [2.05, 4.69) is 34.4 Å². The number of hydrogen-bond donors (Lipinski definition) is 2. The van der Waals surface area contributed by atoms with E-state index < -0.39 is 0 Å². The van der Waals surface area contributed by atoms with Gasteiger partial charge in [0.05, 0.1) is 18.5 Å². The topological polar surface area (TPSA) is 76.1 Å². The van der Waals surface area contributed by atoms with Gasteiger partial charge in [0.1, 0.15) is 17.3 Å². The number of carbonyl (C=O) groups excluding carboxylic acids is 1. The first-order valence-electron chi connectivity index (χ1n) is 8.58. The molecule has 1 aromatic heterocycles. The zero-order valence-electron chi connectivity index (χ0n) is 15.2. The lowest BCUT2D eigenvalue weighted by atomic mass is 10.1. The predicted octanol–water partition coefficient (Wildman–Crippen LogP) is 3.78. The molecule has 2 rings (SSSR count). The molecule has 2 aromatic rings. The number of anilines is 2. The van der Waals surface area contributed by atoms with Crippen molar-refractivity contribution in [1.82, 2.24) is 15.3 Å². The smallest absolute Gasteiger partial charge is 0.271 e. The number of rotatable bonds is 8. The lowest BCUT2D eigenvalue weighted by molar-refractivity contribution is 0.0946. The van der Waals surface area contributed by atoms with Crippen LogP contribution < -0.4 is 15.4 Å². The van der Waals surface area contributed by atoms with E-state index in [1.54, 1.807) is 6.20 Å². The van der Waals surface area contributed by atoms with Crippen LogP contribution in [0.15, 0.2) is 36.7 Å². The summed E-state index contributed by atoms with van der Waals surface area (Å²) >= 11 is 0. The molecule has 1 aromatic carbocycles. The normalized spacial score (nSPS) is 10.8. The van der Waals surface area contributed by atoms with E-state index in [0.29, 0.717) is 24.0 Å². The number of amides is 1. The lowest BCUT2D eigenvalue weighted by Crippen LogP contribution is -2.26. The molecule has 6 nitrogen and oxygen atoms in total. The van der Waals surface area contributed by atoms with Gasteiger partial charge >= 0.3 is 0 Å². The van der Waals surface area contributed by atoms with E-state index in [9.17, 15) is 4.79 Å². The van der Waals surface area contributed by atoms with Crippen LogP contribution in [0.5, 0.6) is 5.75 Å². The van der Waals surface area contributed by atoms with Crippen LogP contribution in [-0.4, -0.2) is 28.5 Å². The van der Waals surface area contributed by atoms with Crippen LogP contribution in [0.3, 0.4) is 0 Å². The average molecular weight is 342 g/mol. The molecule has 0 fully saturated rings. The lowest BCUT2D eigenvalue weighted by Gasteiger charge is -2.11. The molecule has 0 radical (unpaired) electrons. The summed E-state index contributed by atoms with van der Waals surface area (Å²) in [7, 11) is 0. The minimum absolute atomic E-state index is 0.143. The van der Waals surface area contributed by atoms with Crippen molar-refractivity contribution in [1.29, 1.82) is 0 Å². The van der Waals surface area contributed by atoms with E-state index in [1.165, 1.54) is 6.20 Å². The summed E-state index contributed by atoms with van der Waals surface area (Å²) in [5.41, 5.74) is 1.19. The Hall–Kier alpha value is -2.63. The predicted molar refractivity (Wildman–Crippen MR) is 99.3 cm³/mol. The zero-order chi connectivity index (χ0) is 18.2. The van der Waals surface area contributed by atoms with Gasteiger partial charge in [-0.15, -0.1) is 0 Å². The van der Waals surface area contributed by atoms with Gasteiger partial charge in [0.15, 0.2) is 0 Å². The summed E-state index contributed by atoms with van der Waals surface area (Å²) in [5, 5.41) is 5.99. The number of benzene rings is 1. The minimum Gasteiger partial charge on any atom is -0.491 e.